The monoisotopic (exact) mass is 452 g/mol. The number of hydrogen-bond donors (Lipinski definition) is 0. The summed E-state index contributed by atoms with van der Waals surface area (Å²) in [5.74, 6) is -0.641. The fourth-order valence-electron chi connectivity index (χ4n) is 2.73. The van der Waals surface area contributed by atoms with Gasteiger partial charge in [0.1, 0.15) is 10.7 Å². The molecule has 1 aliphatic rings. The Bertz CT molecular complexity index is 1050. The maximum absolute atomic E-state index is 13.2. The second kappa shape index (κ2) is 7.65. The molecule has 6 nitrogen and oxygen atoms in total. The fraction of sp³-hybridized carbons (Fsp3) is 0.250. The minimum atomic E-state index is -3.95. The van der Waals surface area contributed by atoms with E-state index in [1.807, 2.05) is 0 Å². The van der Waals surface area contributed by atoms with Crippen LogP contribution in [0.15, 0.2) is 52.3 Å². The summed E-state index contributed by atoms with van der Waals surface area (Å²) in [7, 11) is -7.70. The Labute approximate surface area is 167 Å². The molecule has 1 saturated heterocycles. The standard InChI is InChI=1S/C16H15Cl2FN2O4S2/c17-12-1-4-14(5-2-12)26(22,23)20-7-9-21(10-8-20)27(24,25)16-6-3-13(19)11-15(16)18/h1-6,11H,7-10H2. The zero-order valence-electron chi connectivity index (χ0n) is 13.8. The smallest absolute Gasteiger partial charge is 0.207 e. The van der Waals surface area contributed by atoms with Gasteiger partial charge in [-0.3, -0.25) is 0 Å². The van der Waals surface area contributed by atoms with E-state index in [-0.39, 0.29) is 41.0 Å². The van der Waals surface area contributed by atoms with Crippen molar-refractivity contribution in [3.63, 3.8) is 0 Å². The zero-order chi connectivity index (χ0) is 19.8. The molecule has 0 unspecified atom stereocenters. The van der Waals surface area contributed by atoms with Crippen molar-refractivity contribution in [1.29, 1.82) is 0 Å². The Hall–Kier alpha value is -1.23. The Morgan fingerprint density at radius 3 is 1.81 bits per heavy atom. The summed E-state index contributed by atoms with van der Waals surface area (Å²) in [5.41, 5.74) is 0. The molecule has 0 N–H and O–H groups in total. The van der Waals surface area contributed by atoms with Gasteiger partial charge in [-0.2, -0.15) is 8.61 Å². The van der Waals surface area contributed by atoms with Crippen LogP contribution in [0.4, 0.5) is 4.39 Å². The second-order valence-corrected chi connectivity index (χ2v) is 10.5. The van der Waals surface area contributed by atoms with Crippen LogP contribution in [0, 0.1) is 5.82 Å². The lowest BCUT2D eigenvalue weighted by molar-refractivity contribution is 0.273. The molecule has 0 atom stereocenters. The summed E-state index contributed by atoms with van der Waals surface area (Å²) in [6.07, 6.45) is 0. The molecule has 27 heavy (non-hydrogen) atoms. The first-order valence-electron chi connectivity index (χ1n) is 7.83. The quantitative estimate of drug-likeness (QED) is 0.714. The van der Waals surface area contributed by atoms with Crippen LogP contribution in [0.3, 0.4) is 0 Å². The van der Waals surface area contributed by atoms with Crippen molar-refractivity contribution in [1.82, 2.24) is 8.61 Å². The predicted octanol–water partition coefficient (Wildman–Crippen LogP) is 2.83. The highest BCUT2D eigenvalue weighted by Gasteiger charge is 2.34. The maximum atomic E-state index is 13.2. The summed E-state index contributed by atoms with van der Waals surface area (Å²) in [6.45, 7) is -0.0995. The molecular formula is C16H15Cl2FN2O4S2. The summed E-state index contributed by atoms with van der Waals surface area (Å²) in [4.78, 5) is -0.121. The number of nitrogens with zero attached hydrogens (tertiary/aromatic N) is 2. The van der Waals surface area contributed by atoms with E-state index in [4.69, 9.17) is 23.2 Å². The van der Waals surface area contributed by atoms with Crippen LogP contribution in [-0.4, -0.2) is 51.6 Å². The van der Waals surface area contributed by atoms with E-state index in [0.717, 1.165) is 22.5 Å². The van der Waals surface area contributed by atoms with Crippen molar-refractivity contribution in [2.45, 2.75) is 9.79 Å². The van der Waals surface area contributed by atoms with Gasteiger partial charge in [-0.05, 0) is 42.5 Å². The minimum Gasteiger partial charge on any atom is -0.207 e. The summed E-state index contributed by atoms with van der Waals surface area (Å²) in [6, 6.07) is 8.80. The first-order valence-corrected chi connectivity index (χ1v) is 11.5. The van der Waals surface area contributed by atoms with Gasteiger partial charge in [0.25, 0.3) is 0 Å². The fourth-order valence-corrected chi connectivity index (χ4v) is 6.21. The number of benzene rings is 2. The van der Waals surface area contributed by atoms with E-state index in [1.165, 1.54) is 28.6 Å². The van der Waals surface area contributed by atoms with Crippen molar-refractivity contribution in [3.05, 3.63) is 58.3 Å². The van der Waals surface area contributed by atoms with E-state index < -0.39 is 25.9 Å². The molecule has 0 spiro atoms. The van der Waals surface area contributed by atoms with Crippen molar-refractivity contribution in [2.75, 3.05) is 26.2 Å². The van der Waals surface area contributed by atoms with E-state index in [1.54, 1.807) is 0 Å². The Morgan fingerprint density at radius 1 is 0.778 bits per heavy atom. The molecule has 0 radical (unpaired) electrons. The van der Waals surface area contributed by atoms with Crippen molar-refractivity contribution in [2.24, 2.45) is 0 Å². The third-order valence-electron chi connectivity index (χ3n) is 4.16. The molecule has 1 fully saturated rings. The predicted molar refractivity (Wildman–Crippen MR) is 100 cm³/mol. The van der Waals surface area contributed by atoms with Crippen molar-refractivity contribution in [3.8, 4) is 0 Å². The highest BCUT2D eigenvalue weighted by Crippen LogP contribution is 2.27. The zero-order valence-corrected chi connectivity index (χ0v) is 17.0. The van der Waals surface area contributed by atoms with Crippen LogP contribution < -0.4 is 0 Å². The van der Waals surface area contributed by atoms with Gasteiger partial charge in [0.2, 0.25) is 20.0 Å². The lowest BCUT2D eigenvalue weighted by atomic mass is 10.3. The average molecular weight is 453 g/mol. The molecule has 0 saturated carbocycles. The molecular weight excluding hydrogens is 438 g/mol. The van der Waals surface area contributed by atoms with Crippen LogP contribution in [0.25, 0.3) is 0 Å². The molecule has 0 aromatic heterocycles. The van der Waals surface area contributed by atoms with Crippen LogP contribution in [0.5, 0.6) is 0 Å². The van der Waals surface area contributed by atoms with Gasteiger partial charge in [-0.15, -0.1) is 0 Å². The van der Waals surface area contributed by atoms with Crippen LogP contribution >= 0.6 is 23.2 Å². The Kier molecular flexibility index (Phi) is 5.81. The number of rotatable bonds is 4. The van der Waals surface area contributed by atoms with Gasteiger partial charge in [0, 0.05) is 31.2 Å². The Balaban J connectivity index is 1.77. The van der Waals surface area contributed by atoms with Crippen LogP contribution in [0.1, 0.15) is 0 Å². The van der Waals surface area contributed by atoms with E-state index in [0.29, 0.717) is 5.02 Å². The highest BCUT2D eigenvalue weighted by molar-refractivity contribution is 7.89. The maximum Gasteiger partial charge on any atom is 0.244 e. The lowest BCUT2D eigenvalue weighted by Crippen LogP contribution is -2.50. The third-order valence-corrected chi connectivity index (χ3v) is 8.71. The molecule has 2 aromatic carbocycles. The van der Waals surface area contributed by atoms with Crippen LogP contribution in [-0.2, 0) is 20.0 Å². The van der Waals surface area contributed by atoms with Crippen LogP contribution in [0.2, 0.25) is 10.0 Å². The average Bonchev–Trinajstić information content (AvgIpc) is 2.62. The summed E-state index contributed by atoms with van der Waals surface area (Å²) in [5, 5.41) is 0.201. The topological polar surface area (TPSA) is 74.8 Å². The molecule has 0 amide bonds. The molecule has 1 aliphatic heterocycles. The largest absolute Gasteiger partial charge is 0.244 e. The summed E-state index contributed by atoms with van der Waals surface area (Å²) < 4.78 is 66.3. The second-order valence-electron chi connectivity index (χ2n) is 5.84. The van der Waals surface area contributed by atoms with Crippen molar-refractivity contribution < 1.29 is 21.2 Å². The number of sulfonamides is 2. The number of hydrogen-bond acceptors (Lipinski definition) is 4. The van der Waals surface area contributed by atoms with Gasteiger partial charge in [-0.25, -0.2) is 21.2 Å². The highest BCUT2D eigenvalue weighted by atomic mass is 35.5. The minimum absolute atomic E-state index is 0.0109. The number of piperazine rings is 1. The van der Waals surface area contributed by atoms with E-state index in [9.17, 15) is 21.2 Å². The van der Waals surface area contributed by atoms with Gasteiger partial charge in [0.05, 0.1) is 9.92 Å². The van der Waals surface area contributed by atoms with E-state index in [2.05, 4.69) is 0 Å². The van der Waals surface area contributed by atoms with Gasteiger partial charge in [-0.1, -0.05) is 23.2 Å². The summed E-state index contributed by atoms with van der Waals surface area (Å²) >= 11 is 11.6. The first kappa shape index (κ1) is 20.5. The van der Waals surface area contributed by atoms with Gasteiger partial charge >= 0.3 is 0 Å². The first-order chi connectivity index (χ1) is 12.6. The lowest BCUT2D eigenvalue weighted by Gasteiger charge is -2.33. The molecule has 0 aliphatic carbocycles. The van der Waals surface area contributed by atoms with Crippen molar-refractivity contribution >= 4 is 43.2 Å². The normalized spacial score (nSPS) is 17.1. The molecule has 0 bridgehead atoms. The van der Waals surface area contributed by atoms with Gasteiger partial charge < -0.3 is 0 Å². The van der Waals surface area contributed by atoms with Gasteiger partial charge in [0.15, 0.2) is 0 Å². The molecule has 2 aromatic rings. The molecule has 146 valence electrons. The Morgan fingerprint density at radius 2 is 1.30 bits per heavy atom. The van der Waals surface area contributed by atoms with E-state index >= 15 is 0 Å². The molecule has 11 heteroatoms. The third kappa shape index (κ3) is 4.13. The SMILES string of the molecule is O=S(=O)(c1ccc(Cl)cc1)N1CCN(S(=O)(=O)c2ccc(F)cc2Cl)CC1. The molecule has 3 rings (SSSR count). The number of halogens is 3. The molecule has 1 heterocycles.